The van der Waals surface area contributed by atoms with Crippen molar-refractivity contribution in [3.63, 3.8) is 0 Å². The third-order valence-corrected chi connectivity index (χ3v) is 5.82. The molecule has 1 aliphatic rings. The van der Waals surface area contributed by atoms with E-state index < -0.39 is 0 Å². The van der Waals surface area contributed by atoms with E-state index in [9.17, 15) is 0 Å². The van der Waals surface area contributed by atoms with Crippen LogP contribution in [0, 0.1) is 5.92 Å². The van der Waals surface area contributed by atoms with Gasteiger partial charge in [0.2, 0.25) is 0 Å². The summed E-state index contributed by atoms with van der Waals surface area (Å²) in [6.07, 6.45) is 5.40. The maximum Gasteiger partial charge on any atom is 0.185 e. The molecule has 1 aliphatic carbocycles. The molecule has 21 heavy (non-hydrogen) atoms. The second kappa shape index (κ2) is 8.14. The SMILES string of the molecule is CCNCc1sc(N(CC)CC2CCC2)nc1C(C)CC. The van der Waals surface area contributed by atoms with Crippen molar-refractivity contribution >= 4 is 16.5 Å². The first-order chi connectivity index (χ1) is 10.2. The van der Waals surface area contributed by atoms with Gasteiger partial charge in [0.05, 0.1) is 5.69 Å². The highest BCUT2D eigenvalue weighted by molar-refractivity contribution is 7.15. The van der Waals surface area contributed by atoms with Gasteiger partial charge in [-0.25, -0.2) is 4.98 Å². The zero-order valence-corrected chi connectivity index (χ0v) is 14.9. The van der Waals surface area contributed by atoms with E-state index in [1.54, 1.807) is 0 Å². The molecule has 1 atom stereocenters. The fourth-order valence-electron chi connectivity index (χ4n) is 2.76. The summed E-state index contributed by atoms with van der Waals surface area (Å²) in [6.45, 7) is 13.2. The Bertz CT molecular complexity index is 426. The van der Waals surface area contributed by atoms with Gasteiger partial charge in [-0.05, 0) is 44.6 Å². The number of rotatable bonds is 9. The van der Waals surface area contributed by atoms with Gasteiger partial charge in [-0.3, -0.25) is 0 Å². The van der Waals surface area contributed by atoms with E-state index in [0.717, 1.165) is 32.0 Å². The van der Waals surface area contributed by atoms with Crippen molar-refractivity contribution in [1.29, 1.82) is 0 Å². The zero-order valence-electron chi connectivity index (χ0n) is 14.1. The molecule has 0 bridgehead atoms. The average molecular weight is 310 g/mol. The summed E-state index contributed by atoms with van der Waals surface area (Å²) in [5, 5.41) is 4.71. The standard InChI is InChI=1S/C17H31N3S/c1-5-13(4)16-15(11-18-6-2)21-17(19-16)20(7-3)12-14-9-8-10-14/h13-14,18H,5-12H2,1-4H3. The minimum absolute atomic E-state index is 0.561. The van der Waals surface area contributed by atoms with Gasteiger partial charge in [-0.15, -0.1) is 11.3 Å². The van der Waals surface area contributed by atoms with E-state index in [-0.39, 0.29) is 0 Å². The molecule has 1 aromatic rings. The number of anilines is 1. The molecule has 0 aliphatic heterocycles. The quantitative estimate of drug-likeness (QED) is 0.733. The van der Waals surface area contributed by atoms with Gasteiger partial charge in [0.15, 0.2) is 5.13 Å². The van der Waals surface area contributed by atoms with Gasteiger partial charge in [-0.1, -0.05) is 27.2 Å². The number of thiazole rings is 1. The third-order valence-electron chi connectivity index (χ3n) is 4.69. The van der Waals surface area contributed by atoms with Crippen LogP contribution in [0.5, 0.6) is 0 Å². The first-order valence-electron chi connectivity index (χ1n) is 8.64. The van der Waals surface area contributed by atoms with E-state index in [1.807, 2.05) is 11.3 Å². The molecule has 3 nitrogen and oxygen atoms in total. The number of hydrogen-bond acceptors (Lipinski definition) is 4. The highest BCUT2D eigenvalue weighted by Gasteiger charge is 2.23. The first-order valence-corrected chi connectivity index (χ1v) is 9.46. The van der Waals surface area contributed by atoms with Gasteiger partial charge >= 0.3 is 0 Å². The van der Waals surface area contributed by atoms with Crippen LogP contribution < -0.4 is 10.2 Å². The van der Waals surface area contributed by atoms with Crippen molar-refractivity contribution in [1.82, 2.24) is 10.3 Å². The van der Waals surface area contributed by atoms with Crippen LogP contribution in [0.25, 0.3) is 0 Å². The molecule has 0 saturated heterocycles. The maximum atomic E-state index is 5.02. The number of hydrogen-bond donors (Lipinski definition) is 1. The average Bonchev–Trinajstić information content (AvgIpc) is 2.87. The molecule has 120 valence electrons. The topological polar surface area (TPSA) is 28.2 Å². The Morgan fingerprint density at radius 3 is 2.62 bits per heavy atom. The lowest BCUT2D eigenvalue weighted by molar-refractivity contribution is 0.318. The van der Waals surface area contributed by atoms with Gasteiger partial charge < -0.3 is 10.2 Å². The summed E-state index contributed by atoms with van der Waals surface area (Å²) in [5.74, 6) is 1.46. The van der Waals surface area contributed by atoms with Gasteiger partial charge in [0, 0.05) is 24.5 Å². The normalized spacial score (nSPS) is 16.8. The second-order valence-corrected chi connectivity index (χ2v) is 7.29. The first kappa shape index (κ1) is 16.8. The van der Waals surface area contributed by atoms with E-state index in [0.29, 0.717) is 5.92 Å². The van der Waals surface area contributed by atoms with Crippen LogP contribution >= 0.6 is 11.3 Å². The molecule has 1 fully saturated rings. The van der Waals surface area contributed by atoms with E-state index >= 15 is 0 Å². The lowest BCUT2D eigenvalue weighted by atomic mass is 9.85. The lowest BCUT2D eigenvalue weighted by Crippen LogP contribution is -2.32. The Labute approximate surface area is 134 Å². The highest BCUT2D eigenvalue weighted by atomic mass is 32.1. The van der Waals surface area contributed by atoms with E-state index in [2.05, 4.69) is 37.9 Å². The smallest absolute Gasteiger partial charge is 0.185 e. The van der Waals surface area contributed by atoms with Crippen LogP contribution in [-0.2, 0) is 6.54 Å². The maximum absolute atomic E-state index is 5.02. The molecular formula is C17H31N3S. The summed E-state index contributed by atoms with van der Waals surface area (Å²) in [5.41, 5.74) is 1.32. The van der Waals surface area contributed by atoms with Crippen molar-refractivity contribution in [3.8, 4) is 0 Å². The van der Waals surface area contributed by atoms with Gasteiger partial charge in [0.25, 0.3) is 0 Å². The minimum atomic E-state index is 0.561. The van der Waals surface area contributed by atoms with Crippen LogP contribution in [0.3, 0.4) is 0 Å². The largest absolute Gasteiger partial charge is 0.348 e. The molecule has 1 saturated carbocycles. The Hall–Kier alpha value is -0.610. The van der Waals surface area contributed by atoms with Crippen molar-refractivity contribution in [2.24, 2.45) is 5.92 Å². The summed E-state index contributed by atoms with van der Waals surface area (Å²) >= 11 is 1.90. The molecule has 1 heterocycles. The molecule has 1 aromatic heterocycles. The summed E-state index contributed by atoms with van der Waals surface area (Å²) < 4.78 is 0. The molecule has 2 rings (SSSR count). The molecule has 1 unspecified atom stereocenters. The van der Waals surface area contributed by atoms with Crippen LogP contribution in [0.15, 0.2) is 0 Å². The predicted molar refractivity (Wildman–Crippen MR) is 93.4 cm³/mol. The van der Waals surface area contributed by atoms with Crippen molar-refractivity contribution in [2.45, 2.75) is 65.8 Å². The predicted octanol–water partition coefficient (Wildman–Crippen LogP) is 4.39. The number of aromatic nitrogens is 1. The third kappa shape index (κ3) is 4.19. The van der Waals surface area contributed by atoms with Crippen LogP contribution in [0.2, 0.25) is 0 Å². The van der Waals surface area contributed by atoms with E-state index in [1.165, 1.54) is 41.5 Å². The summed E-state index contributed by atoms with van der Waals surface area (Å²) in [7, 11) is 0. The fourth-order valence-corrected chi connectivity index (χ4v) is 3.98. The van der Waals surface area contributed by atoms with Crippen LogP contribution in [0.1, 0.15) is 69.9 Å². The van der Waals surface area contributed by atoms with E-state index in [4.69, 9.17) is 4.98 Å². The molecule has 0 radical (unpaired) electrons. The number of nitrogens with one attached hydrogen (secondary N) is 1. The Morgan fingerprint density at radius 2 is 2.10 bits per heavy atom. The molecule has 0 spiro atoms. The summed E-state index contributed by atoms with van der Waals surface area (Å²) in [4.78, 5) is 8.95. The molecule has 0 aromatic carbocycles. The van der Waals surface area contributed by atoms with Crippen molar-refractivity contribution in [2.75, 3.05) is 24.5 Å². The van der Waals surface area contributed by atoms with Gasteiger partial charge in [-0.2, -0.15) is 0 Å². The second-order valence-electron chi connectivity index (χ2n) is 6.23. The Balaban J connectivity index is 2.14. The minimum Gasteiger partial charge on any atom is -0.348 e. The van der Waals surface area contributed by atoms with Crippen molar-refractivity contribution in [3.05, 3.63) is 10.6 Å². The van der Waals surface area contributed by atoms with Crippen LogP contribution in [0.4, 0.5) is 5.13 Å². The highest BCUT2D eigenvalue weighted by Crippen LogP contribution is 2.34. The number of nitrogens with zero attached hydrogens (tertiary/aromatic N) is 2. The molecule has 4 heteroatoms. The van der Waals surface area contributed by atoms with Crippen molar-refractivity contribution < 1.29 is 0 Å². The lowest BCUT2D eigenvalue weighted by Gasteiger charge is -2.31. The monoisotopic (exact) mass is 309 g/mol. The Kier molecular flexibility index (Phi) is 6.49. The zero-order chi connectivity index (χ0) is 15.2. The Morgan fingerprint density at radius 1 is 1.33 bits per heavy atom. The molecule has 1 N–H and O–H groups in total. The molecule has 0 amide bonds. The summed E-state index contributed by atoms with van der Waals surface area (Å²) in [6, 6.07) is 0. The molecular weight excluding hydrogens is 278 g/mol. The van der Waals surface area contributed by atoms with Gasteiger partial charge in [0.1, 0.15) is 0 Å². The van der Waals surface area contributed by atoms with Crippen LogP contribution in [-0.4, -0.2) is 24.6 Å². The fraction of sp³-hybridized carbons (Fsp3) is 0.824.